The molecule has 0 saturated carbocycles. The quantitative estimate of drug-likeness (QED) is 0.892. The SMILES string of the molecule is NC(Cc1ccc(F)cc1F)Cc1ccc(Br)cc1F. The van der Waals surface area contributed by atoms with E-state index in [2.05, 4.69) is 15.9 Å². The summed E-state index contributed by atoms with van der Waals surface area (Å²) < 4.78 is 40.6. The van der Waals surface area contributed by atoms with Crippen molar-refractivity contribution < 1.29 is 13.2 Å². The van der Waals surface area contributed by atoms with Crippen LogP contribution in [0.2, 0.25) is 0 Å². The molecule has 0 aromatic heterocycles. The van der Waals surface area contributed by atoms with Crippen LogP contribution in [0.3, 0.4) is 0 Å². The van der Waals surface area contributed by atoms with Crippen molar-refractivity contribution in [3.8, 4) is 0 Å². The normalized spacial score (nSPS) is 12.4. The molecule has 0 amide bonds. The van der Waals surface area contributed by atoms with Crippen LogP contribution in [-0.4, -0.2) is 6.04 Å². The van der Waals surface area contributed by atoms with Crippen molar-refractivity contribution in [3.63, 3.8) is 0 Å². The van der Waals surface area contributed by atoms with Crippen molar-refractivity contribution in [3.05, 3.63) is 69.4 Å². The van der Waals surface area contributed by atoms with Gasteiger partial charge in [-0.25, -0.2) is 13.2 Å². The van der Waals surface area contributed by atoms with E-state index in [1.165, 1.54) is 18.2 Å². The molecule has 2 N–H and O–H groups in total. The molecule has 0 saturated heterocycles. The van der Waals surface area contributed by atoms with E-state index < -0.39 is 17.7 Å². The molecule has 5 heteroatoms. The molecule has 0 bridgehead atoms. The molecule has 0 radical (unpaired) electrons. The Hall–Kier alpha value is -1.33. The average molecular weight is 344 g/mol. The lowest BCUT2D eigenvalue weighted by molar-refractivity contribution is 0.551. The molecule has 1 atom stereocenters. The van der Waals surface area contributed by atoms with Crippen LogP contribution in [0.4, 0.5) is 13.2 Å². The summed E-state index contributed by atoms with van der Waals surface area (Å²) in [6.45, 7) is 0. The van der Waals surface area contributed by atoms with Gasteiger partial charge in [-0.2, -0.15) is 0 Å². The summed E-state index contributed by atoms with van der Waals surface area (Å²) in [6.07, 6.45) is 0.511. The first-order valence-corrected chi connectivity index (χ1v) is 6.88. The van der Waals surface area contributed by atoms with Gasteiger partial charge in [0.25, 0.3) is 0 Å². The maximum Gasteiger partial charge on any atom is 0.129 e. The third-order valence-electron chi connectivity index (χ3n) is 2.99. The Morgan fingerprint density at radius 3 is 2.00 bits per heavy atom. The minimum Gasteiger partial charge on any atom is -0.327 e. The van der Waals surface area contributed by atoms with Gasteiger partial charge in [-0.05, 0) is 42.2 Å². The summed E-state index contributed by atoms with van der Waals surface area (Å²) in [5, 5.41) is 0. The molecule has 2 rings (SSSR count). The van der Waals surface area contributed by atoms with Crippen LogP contribution in [0.5, 0.6) is 0 Å². The Morgan fingerprint density at radius 2 is 1.45 bits per heavy atom. The maximum atomic E-state index is 13.7. The number of rotatable bonds is 4. The van der Waals surface area contributed by atoms with E-state index in [1.54, 1.807) is 12.1 Å². The standard InChI is InChI=1S/C15H13BrF3N/c16-11-3-1-9(14(18)7-11)5-13(20)6-10-2-4-12(17)8-15(10)19/h1-4,7-8,13H,5-6,20H2. The first-order valence-electron chi connectivity index (χ1n) is 6.09. The molecule has 20 heavy (non-hydrogen) atoms. The summed E-state index contributed by atoms with van der Waals surface area (Å²) in [7, 11) is 0. The van der Waals surface area contributed by atoms with Crippen LogP contribution in [0.1, 0.15) is 11.1 Å². The van der Waals surface area contributed by atoms with E-state index >= 15 is 0 Å². The van der Waals surface area contributed by atoms with Gasteiger partial charge in [0.1, 0.15) is 17.5 Å². The smallest absolute Gasteiger partial charge is 0.129 e. The first-order chi connectivity index (χ1) is 9.45. The Labute approximate surface area is 123 Å². The van der Waals surface area contributed by atoms with Crippen LogP contribution in [0.15, 0.2) is 40.9 Å². The van der Waals surface area contributed by atoms with Gasteiger partial charge >= 0.3 is 0 Å². The zero-order valence-corrected chi connectivity index (χ0v) is 12.1. The Bertz CT molecular complexity index is 563. The highest BCUT2D eigenvalue weighted by Crippen LogP contribution is 2.18. The second-order valence-electron chi connectivity index (χ2n) is 4.64. The lowest BCUT2D eigenvalue weighted by Gasteiger charge is -2.13. The lowest BCUT2D eigenvalue weighted by Crippen LogP contribution is -2.26. The van der Waals surface area contributed by atoms with Gasteiger partial charge in [0, 0.05) is 16.6 Å². The minimum absolute atomic E-state index is 0.224. The number of halogens is 4. The lowest BCUT2D eigenvalue weighted by atomic mass is 9.99. The van der Waals surface area contributed by atoms with Crippen LogP contribution in [0.25, 0.3) is 0 Å². The van der Waals surface area contributed by atoms with Gasteiger partial charge in [0.05, 0.1) is 0 Å². The van der Waals surface area contributed by atoms with Gasteiger partial charge in [0.15, 0.2) is 0 Å². The van der Waals surface area contributed by atoms with E-state index in [9.17, 15) is 13.2 Å². The molecule has 1 unspecified atom stereocenters. The molecule has 106 valence electrons. The Morgan fingerprint density at radius 1 is 0.900 bits per heavy atom. The van der Waals surface area contributed by atoms with Crippen molar-refractivity contribution in [1.82, 2.24) is 0 Å². The summed E-state index contributed by atoms with van der Waals surface area (Å²) in [5.74, 6) is -1.61. The van der Waals surface area contributed by atoms with Gasteiger partial charge in [-0.1, -0.05) is 28.1 Å². The summed E-state index contributed by atoms with van der Waals surface area (Å²) >= 11 is 3.18. The monoisotopic (exact) mass is 343 g/mol. The molecule has 0 heterocycles. The third kappa shape index (κ3) is 3.84. The van der Waals surface area contributed by atoms with Crippen molar-refractivity contribution in [2.24, 2.45) is 5.73 Å². The molecular formula is C15H13BrF3N. The van der Waals surface area contributed by atoms with Gasteiger partial charge < -0.3 is 5.73 Å². The maximum absolute atomic E-state index is 13.7. The van der Waals surface area contributed by atoms with Crippen molar-refractivity contribution in [2.45, 2.75) is 18.9 Å². The zero-order chi connectivity index (χ0) is 14.7. The number of benzene rings is 2. The molecule has 0 fully saturated rings. The van der Waals surface area contributed by atoms with Gasteiger partial charge in [-0.15, -0.1) is 0 Å². The minimum atomic E-state index is -0.628. The zero-order valence-electron chi connectivity index (χ0n) is 10.5. The predicted octanol–water partition coefficient (Wildman–Crippen LogP) is 3.98. The van der Waals surface area contributed by atoms with E-state index in [1.807, 2.05) is 0 Å². The molecular weight excluding hydrogens is 331 g/mol. The van der Waals surface area contributed by atoms with Crippen LogP contribution in [0, 0.1) is 17.5 Å². The van der Waals surface area contributed by atoms with Crippen LogP contribution in [-0.2, 0) is 12.8 Å². The Balaban J connectivity index is 2.07. The van der Waals surface area contributed by atoms with Crippen molar-refractivity contribution in [1.29, 1.82) is 0 Å². The van der Waals surface area contributed by atoms with E-state index in [-0.39, 0.29) is 18.7 Å². The molecule has 0 aliphatic heterocycles. The predicted molar refractivity (Wildman–Crippen MR) is 75.8 cm³/mol. The fourth-order valence-electron chi connectivity index (χ4n) is 2.01. The molecule has 2 aromatic rings. The molecule has 2 aromatic carbocycles. The van der Waals surface area contributed by atoms with Crippen LogP contribution < -0.4 is 5.73 Å². The highest BCUT2D eigenvalue weighted by molar-refractivity contribution is 9.10. The van der Waals surface area contributed by atoms with Gasteiger partial charge in [0.2, 0.25) is 0 Å². The number of nitrogens with two attached hydrogens (primary N) is 1. The number of hydrogen-bond acceptors (Lipinski definition) is 1. The largest absolute Gasteiger partial charge is 0.327 e. The van der Waals surface area contributed by atoms with E-state index in [0.717, 1.165) is 6.07 Å². The molecule has 0 aliphatic rings. The molecule has 1 nitrogen and oxygen atoms in total. The third-order valence-corrected chi connectivity index (χ3v) is 3.49. The molecule has 0 aliphatic carbocycles. The fraction of sp³-hybridized carbons (Fsp3) is 0.200. The summed E-state index contributed by atoms with van der Waals surface area (Å²) in [5.41, 5.74) is 6.72. The van der Waals surface area contributed by atoms with Crippen LogP contribution >= 0.6 is 15.9 Å². The van der Waals surface area contributed by atoms with Crippen molar-refractivity contribution >= 4 is 15.9 Å². The van der Waals surface area contributed by atoms with E-state index in [4.69, 9.17) is 5.73 Å². The summed E-state index contributed by atoms with van der Waals surface area (Å²) in [6, 6.07) is 7.66. The first kappa shape index (κ1) is 15.1. The van der Waals surface area contributed by atoms with Gasteiger partial charge in [-0.3, -0.25) is 0 Å². The fourth-order valence-corrected chi connectivity index (χ4v) is 2.34. The number of hydrogen-bond donors (Lipinski definition) is 1. The Kier molecular flexibility index (Phi) is 4.83. The highest BCUT2D eigenvalue weighted by atomic mass is 79.9. The molecule has 0 spiro atoms. The second-order valence-corrected chi connectivity index (χ2v) is 5.56. The average Bonchev–Trinajstić information content (AvgIpc) is 2.36. The summed E-state index contributed by atoms with van der Waals surface area (Å²) in [4.78, 5) is 0. The highest BCUT2D eigenvalue weighted by Gasteiger charge is 2.12. The van der Waals surface area contributed by atoms with Crippen molar-refractivity contribution in [2.75, 3.05) is 0 Å². The van der Waals surface area contributed by atoms with E-state index in [0.29, 0.717) is 15.6 Å². The topological polar surface area (TPSA) is 26.0 Å². The second kappa shape index (κ2) is 6.41.